The summed E-state index contributed by atoms with van der Waals surface area (Å²) in [6.07, 6.45) is 0. The van der Waals surface area contributed by atoms with Gasteiger partial charge in [0, 0.05) is 17.0 Å². The van der Waals surface area contributed by atoms with E-state index in [9.17, 15) is 13.6 Å². The number of hydrogen-bond donors (Lipinski definition) is 2. The average Bonchev–Trinajstić information content (AvgIpc) is 3.13. The molecule has 3 aromatic carbocycles. The quantitative estimate of drug-likeness (QED) is 0.497. The van der Waals surface area contributed by atoms with Gasteiger partial charge >= 0.3 is 0 Å². The number of rotatable bonds is 5. The number of nitrogens with one attached hydrogen (secondary N) is 2. The van der Waals surface area contributed by atoms with Crippen molar-refractivity contribution in [2.75, 3.05) is 5.32 Å². The third-order valence-electron chi connectivity index (χ3n) is 4.29. The number of amides is 1. The van der Waals surface area contributed by atoms with Gasteiger partial charge in [0.05, 0.1) is 0 Å². The molecule has 0 atom stereocenters. The second-order valence-electron chi connectivity index (χ2n) is 6.26. The van der Waals surface area contributed by atoms with Crippen LogP contribution in [0.15, 0.2) is 72.8 Å². The monoisotopic (exact) mass is 378 g/mol. The number of H-pyrrole nitrogens is 1. The summed E-state index contributed by atoms with van der Waals surface area (Å²) in [5, 5.41) is 3.05. The van der Waals surface area contributed by atoms with Crippen LogP contribution in [0.1, 0.15) is 16.1 Å². The molecule has 4 rings (SSSR count). The van der Waals surface area contributed by atoms with E-state index in [1.54, 1.807) is 18.2 Å². The summed E-state index contributed by atoms with van der Waals surface area (Å²) in [6.45, 7) is 0.424. The van der Waals surface area contributed by atoms with Crippen molar-refractivity contribution in [3.8, 4) is 5.75 Å². The average molecular weight is 378 g/mol. The summed E-state index contributed by atoms with van der Waals surface area (Å²) in [5.41, 5.74) is 1.45. The van der Waals surface area contributed by atoms with E-state index < -0.39 is 23.2 Å². The maximum absolute atomic E-state index is 13.7. The zero-order valence-corrected chi connectivity index (χ0v) is 14.7. The Hall–Kier alpha value is -3.67. The fraction of sp³-hybridized carbons (Fsp3) is 0.0455. The van der Waals surface area contributed by atoms with Gasteiger partial charge in [0.2, 0.25) is 0 Å². The molecule has 1 aromatic heterocycles. The van der Waals surface area contributed by atoms with E-state index in [1.807, 2.05) is 36.4 Å². The van der Waals surface area contributed by atoms with Crippen LogP contribution in [0.4, 0.5) is 14.5 Å². The summed E-state index contributed by atoms with van der Waals surface area (Å²) in [7, 11) is 0. The van der Waals surface area contributed by atoms with E-state index in [1.165, 1.54) is 6.07 Å². The van der Waals surface area contributed by atoms with Crippen LogP contribution in [0.3, 0.4) is 0 Å². The van der Waals surface area contributed by atoms with E-state index in [0.717, 1.165) is 23.1 Å². The van der Waals surface area contributed by atoms with Crippen molar-refractivity contribution in [1.82, 2.24) is 4.98 Å². The van der Waals surface area contributed by atoms with Crippen LogP contribution in [0, 0.1) is 11.6 Å². The number of fused-ring (bicyclic) bond motifs is 1. The molecule has 1 heterocycles. The van der Waals surface area contributed by atoms with Crippen molar-refractivity contribution >= 4 is 22.5 Å². The molecular weight excluding hydrogens is 362 g/mol. The lowest BCUT2D eigenvalue weighted by Gasteiger charge is -2.06. The van der Waals surface area contributed by atoms with Crippen LogP contribution < -0.4 is 10.1 Å². The first-order chi connectivity index (χ1) is 13.6. The van der Waals surface area contributed by atoms with Gasteiger partial charge in [-0.05, 0) is 35.9 Å². The molecule has 0 aliphatic heterocycles. The number of benzene rings is 3. The summed E-state index contributed by atoms with van der Waals surface area (Å²) < 4.78 is 33.2. The molecule has 0 radical (unpaired) electrons. The number of anilines is 1. The number of carbonyl (C=O) groups excluding carboxylic acids is 1. The van der Waals surface area contributed by atoms with Crippen molar-refractivity contribution in [2.45, 2.75) is 6.61 Å². The highest BCUT2D eigenvalue weighted by Crippen LogP contribution is 2.24. The van der Waals surface area contributed by atoms with E-state index in [2.05, 4.69) is 10.3 Å². The topological polar surface area (TPSA) is 54.1 Å². The van der Waals surface area contributed by atoms with Crippen LogP contribution in [0.5, 0.6) is 5.75 Å². The fourth-order valence-corrected chi connectivity index (χ4v) is 2.86. The number of carbonyl (C=O) groups is 1. The molecule has 2 N–H and O–H groups in total. The maximum Gasteiger partial charge on any atom is 0.272 e. The Morgan fingerprint density at radius 1 is 0.929 bits per heavy atom. The molecule has 1 amide bonds. The highest BCUT2D eigenvalue weighted by atomic mass is 19.1. The van der Waals surface area contributed by atoms with Gasteiger partial charge in [-0.2, -0.15) is 0 Å². The van der Waals surface area contributed by atoms with Crippen molar-refractivity contribution in [1.29, 1.82) is 0 Å². The van der Waals surface area contributed by atoms with Gasteiger partial charge in [-0.25, -0.2) is 8.78 Å². The standard InChI is InChI=1S/C22H16F2N2O2/c23-17-7-4-8-18(24)21(17)26-22(27)20-11-15-9-10-16(12-19(15)25-20)28-13-14-5-2-1-3-6-14/h1-12,25H,13H2,(H,26,27). The Balaban J connectivity index is 1.52. The zero-order valence-electron chi connectivity index (χ0n) is 14.7. The molecule has 0 unspecified atom stereocenters. The Labute approximate surface area is 159 Å². The van der Waals surface area contributed by atoms with Gasteiger partial charge in [0.25, 0.3) is 5.91 Å². The molecule has 0 aliphatic rings. The second kappa shape index (κ2) is 7.52. The lowest BCUT2D eigenvalue weighted by molar-refractivity contribution is 0.102. The molecule has 28 heavy (non-hydrogen) atoms. The van der Waals surface area contributed by atoms with E-state index in [0.29, 0.717) is 17.9 Å². The minimum Gasteiger partial charge on any atom is -0.489 e. The molecule has 0 fully saturated rings. The molecule has 4 nitrogen and oxygen atoms in total. The molecule has 0 bridgehead atoms. The number of para-hydroxylation sites is 1. The van der Waals surface area contributed by atoms with E-state index >= 15 is 0 Å². The van der Waals surface area contributed by atoms with Gasteiger partial charge < -0.3 is 15.0 Å². The number of ether oxygens (including phenoxy) is 1. The first-order valence-corrected chi connectivity index (χ1v) is 8.65. The smallest absolute Gasteiger partial charge is 0.272 e. The predicted molar refractivity (Wildman–Crippen MR) is 103 cm³/mol. The fourth-order valence-electron chi connectivity index (χ4n) is 2.86. The lowest BCUT2D eigenvalue weighted by Crippen LogP contribution is -2.14. The van der Waals surface area contributed by atoms with Gasteiger partial charge in [0.1, 0.15) is 35.4 Å². The van der Waals surface area contributed by atoms with Crippen molar-refractivity contribution in [3.05, 3.63) is 95.7 Å². The second-order valence-corrected chi connectivity index (χ2v) is 6.26. The summed E-state index contributed by atoms with van der Waals surface area (Å²) in [6, 6.07) is 20.2. The Bertz CT molecular complexity index is 1120. The van der Waals surface area contributed by atoms with Gasteiger partial charge in [0.15, 0.2) is 0 Å². The molecular formula is C22H16F2N2O2. The first kappa shape index (κ1) is 17.7. The summed E-state index contributed by atoms with van der Waals surface area (Å²) in [4.78, 5) is 15.3. The minimum atomic E-state index is -0.832. The SMILES string of the molecule is O=C(Nc1c(F)cccc1F)c1cc2ccc(OCc3ccccc3)cc2[nH]1. The number of halogens is 2. The molecule has 4 aromatic rings. The molecule has 140 valence electrons. The summed E-state index contributed by atoms with van der Waals surface area (Å²) in [5.74, 6) is -1.65. The molecule has 0 saturated heterocycles. The van der Waals surface area contributed by atoms with Crippen LogP contribution in [-0.2, 0) is 6.61 Å². The Morgan fingerprint density at radius 3 is 2.43 bits per heavy atom. The lowest BCUT2D eigenvalue weighted by atomic mass is 10.2. The highest BCUT2D eigenvalue weighted by Gasteiger charge is 2.15. The Kier molecular flexibility index (Phi) is 4.76. The van der Waals surface area contributed by atoms with Crippen molar-refractivity contribution < 1.29 is 18.3 Å². The van der Waals surface area contributed by atoms with E-state index in [-0.39, 0.29) is 5.69 Å². The van der Waals surface area contributed by atoms with Gasteiger partial charge in [-0.15, -0.1) is 0 Å². The summed E-state index contributed by atoms with van der Waals surface area (Å²) >= 11 is 0. The molecule has 6 heteroatoms. The minimum absolute atomic E-state index is 0.192. The highest BCUT2D eigenvalue weighted by molar-refractivity contribution is 6.06. The van der Waals surface area contributed by atoms with Crippen molar-refractivity contribution in [2.24, 2.45) is 0 Å². The largest absolute Gasteiger partial charge is 0.489 e. The predicted octanol–water partition coefficient (Wildman–Crippen LogP) is 5.28. The first-order valence-electron chi connectivity index (χ1n) is 8.65. The molecule has 0 aliphatic carbocycles. The van der Waals surface area contributed by atoms with Crippen LogP contribution in [0.25, 0.3) is 10.9 Å². The van der Waals surface area contributed by atoms with Gasteiger partial charge in [-0.1, -0.05) is 36.4 Å². The third-order valence-corrected chi connectivity index (χ3v) is 4.29. The van der Waals surface area contributed by atoms with Gasteiger partial charge in [-0.3, -0.25) is 4.79 Å². The number of aromatic amines is 1. The molecule has 0 saturated carbocycles. The number of hydrogen-bond acceptors (Lipinski definition) is 2. The Morgan fingerprint density at radius 2 is 1.68 bits per heavy atom. The van der Waals surface area contributed by atoms with Crippen LogP contribution in [0.2, 0.25) is 0 Å². The third kappa shape index (κ3) is 3.71. The maximum atomic E-state index is 13.7. The zero-order chi connectivity index (χ0) is 19.5. The van der Waals surface area contributed by atoms with Crippen LogP contribution in [-0.4, -0.2) is 10.9 Å². The van der Waals surface area contributed by atoms with E-state index in [4.69, 9.17) is 4.74 Å². The van der Waals surface area contributed by atoms with Crippen molar-refractivity contribution in [3.63, 3.8) is 0 Å². The van der Waals surface area contributed by atoms with Crippen LogP contribution >= 0.6 is 0 Å². The number of aromatic nitrogens is 1. The molecule has 0 spiro atoms. The normalized spacial score (nSPS) is 10.8.